The van der Waals surface area contributed by atoms with Crippen LogP contribution >= 0.6 is 24.0 Å². The molecular formula is C21H30F2IN3O2. The summed E-state index contributed by atoms with van der Waals surface area (Å²) < 4.78 is 39.6. The minimum atomic E-state index is -0.464. The van der Waals surface area contributed by atoms with Gasteiger partial charge in [0.1, 0.15) is 11.6 Å². The predicted octanol–water partition coefficient (Wildman–Crippen LogP) is 3.67. The third-order valence-corrected chi connectivity index (χ3v) is 5.97. The van der Waals surface area contributed by atoms with Crippen molar-refractivity contribution in [3.8, 4) is 0 Å². The first-order valence-electron chi connectivity index (χ1n) is 10.3. The van der Waals surface area contributed by atoms with E-state index in [-0.39, 0.29) is 53.7 Å². The molecule has 0 spiro atoms. The largest absolute Gasteiger partial charge is 0.376 e. The zero-order valence-corrected chi connectivity index (χ0v) is 19.1. The molecule has 5 nitrogen and oxygen atoms in total. The van der Waals surface area contributed by atoms with Crippen molar-refractivity contribution in [3.05, 3.63) is 35.4 Å². The number of hydrogen-bond acceptors (Lipinski definition) is 3. The number of aliphatic imine (C=N–C) groups is 1. The normalized spacial score (nSPS) is 27.6. The average molecular weight is 521 g/mol. The Morgan fingerprint density at radius 3 is 2.59 bits per heavy atom. The van der Waals surface area contributed by atoms with Crippen molar-refractivity contribution in [2.45, 2.75) is 56.3 Å². The molecule has 4 rings (SSSR count). The maximum atomic E-state index is 14.0. The molecule has 1 saturated carbocycles. The molecule has 0 aromatic heterocycles. The predicted molar refractivity (Wildman–Crippen MR) is 119 cm³/mol. The van der Waals surface area contributed by atoms with Gasteiger partial charge in [0.15, 0.2) is 5.96 Å². The lowest BCUT2D eigenvalue weighted by molar-refractivity contribution is -0.0367. The number of benzene rings is 1. The van der Waals surface area contributed by atoms with Gasteiger partial charge in [0.05, 0.1) is 18.8 Å². The van der Waals surface area contributed by atoms with Crippen LogP contribution < -0.4 is 5.32 Å². The molecule has 2 heterocycles. The molecule has 2 saturated heterocycles. The number of piperidine rings is 1. The molecule has 1 aromatic rings. The maximum absolute atomic E-state index is 14.0. The van der Waals surface area contributed by atoms with Gasteiger partial charge in [-0.3, -0.25) is 4.99 Å². The van der Waals surface area contributed by atoms with E-state index in [1.54, 1.807) is 7.05 Å². The van der Waals surface area contributed by atoms with E-state index in [4.69, 9.17) is 9.47 Å². The monoisotopic (exact) mass is 521 g/mol. The van der Waals surface area contributed by atoms with E-state index in [2.05, 4.69) is 15.2 Å². The molecule has 0 radical (unpaired) electrons. The summed E-state index contributed by atoms with van der Waals surface area (Å²) in [6, 6.07) is 4.08. The van der Waals surface area contributed by atoms with Crippen molar-refractivity contribution in [3.63, 3.8) is 0 Å². The van der Waals surface area contributed by atoms with Gasteiger partial charge in [-0.1, -0.05) is 6.07 Å². The van der Waals surface area contributed by atoms with Gasteiger partial charge < -0.3 is 19.7 Å². The van der Waals surface area contributed by atoms with Gasteiger partial charge in [-0.25, -0.2) is 8.78 Å². The molecule has 8 heteroatoms. The molecule has 3 aliphatic rings. The zero-order valence-electron chi connectivity index (χ0n) is 16.8. The van der Waals surface area contributed by atoms with Gasteiger partial charge in [-0.2, -0.15) is 0 Å². The van der Waals surface area contributed by atoms with Gasteiger partial charge >= 0.3 is 0 Å². The SMILES string of the molecule is CN=C(NC1CC1c1c(F)cccc1F)N1CCC(OCC2CCCO2)CC1.I. The maximum Gasteiger partial charge on any atom is 0.193 e. The highest BCUT2D eigenvalue weighted by Crippen LogP contribution is 2.43. The number of guanidine groups is 1. The number of halogens is 3. The Balaban J connectivity index is 0.00000240. The lowest BCUT2D eigenvalue weighted by atomic mass is 10.1. The van der Waals surface area contributed by atoms with E-state index < -0.39 is 11.6 Å². The topological polar surface area (TPSA) is 46.1 Å². The van der Waals surface area contributed by atoms with Crippen molar-refractivity contribution >= 4 is 29.9 Å². The van der Waals surface area contributed by atoms with Crippen LogP contribution in [0.15, 0.2) is 23.2 Å². The molecule has 1 N–H and O–H groups in total. The number of nitrogens with zero attached hydrogens (tertiary/aromatic N) is 2. The van der Waals surface area contributed by atoms with Crippen LogP contribution in [0.2, 0.25) is 0 Å². The van der Waals surface area contributed by atoms with Crippen molar-refractivity contribution in [1.82, 2.24) is 10.2 Å². The summed E-state index contributed by atoms with van der Waals surface area (Å²) in [6.45, 7) is 3.27. The molecule has 3 atom stereocenters. The summed E-state index contributed by atoms with van der Waals surface area (Å²) in [7, 11) is 1.75. The quantitative estimate of drug-likeness (QED) is 0.365. The number of ether oxygens (including phenoxy) is 2. The van der Waals surface area contributed by atoms with Gasteiger partial charge in [-0.05, 0) is 44.2 Å². The molecule has 162 valence electrons. The lowest BCUT2D eigenvalue weighted by Gasteiger charge is -2.34. The van der Waals surface area contributed by atoms with E-state index >= 15 is 0 Å². The van der Waals surface area contributed by atoms with Crippen molar-refractivity contribution < 1.29 is 18.3 Å². The Hall–Kier alpha value is -1.00. The van der Waals surface area contributed by atoms with Crippen LogP contribution in [-0.2, 0) is 9.47 Å². The summed E-state index contributed by atoms with van der Waals surface area (Å²) in [5.74, 6) is -0.256. The minimum Gasteiger partial charge on any atom is -0.376 e. The third kappa shape index (κ3) is 5.58. The fraction of sp³-hybridized carbons (Fsp3) is 0.667. The second-order valence-electron chi connectivity index (χ2n) is 7.93. The third-order valence-electron chi connectivity index (χ3n) is 5.97. The van der Waals surface area contributed by atoms with Crippen molar-refractivity contribution in [2.24, 2.45) is 4.99 Å². The molecular weight excluding hydrogens is 491 g/mol. The molecule has 1 aliphatic carbocycles. The average Bonchev–Trinajstić information content (AvgIpc) is 3.23. The van der Waals surface area contributed by atoms with Crippen molar-refractivity contribution in [2.75, 3.05) is 33.4 Å². The van der Waals surface area contributed by atoms with Gasteiger partial charge in [0.25, 0.3) is 0 Å². The first-order chi connectivity index (χ1) is 13.7. The van der Waals surface area contributed by atoms with E-state index in [1.807, 2.05) is 0 Å². The highest BCUT2D eigenvalue weighted by molar-refractivity contribution is 14.0. The van der Waals surface area contributed by atoms with E-state index in [0.717, 1.165) is 57.8 Å². The Morgan fingerprint density at radius 2 is 1.97 bits per heavy atom. The highest BCUT2D eigenvalue weighted by atomic mass is 127. The standard InChI is InChI=1S/C21H29F2N3O2.HI/c1-24-21(25-19-12-16(19)20-17(22)5-2-6-18(20)23)26-9-7-14(8-10-26)28-13-15-4-3-11-27-15;/h2,5-6,14-16,19H,3-4,7-13H2,1H3,(H,24,25);1H. The van der Waals surface area contributed by atoms with Gasteiger partial charge in [0.2, 0.25) is 0 Å². The second kappa shape index (κ2) is 10.3. The second-order valence-corrected chi connectivity index (χ2v) is 7.93. The van der Waals surface area contributed by atoms with Crippen LogP contribution in [0.3, 0.4) is 0 Å². The van der Waals surface area contributed by atoms with Gasteiger partial charge in [0, 0.05) is 44.3 Å². The summed E-state index contributed by atoms with van der Waals surface area (Å²) in [4.78, 5) is 6.59. The Labute approximate surface area is 188 Å². The molecule has 3 fully saturated rings. The first kappa shape index (κ1) is 22.7. The smallest absolute Gasteiger partial charge is 0.193 e. The van der Waals surface area contributed by atoms with E-state index in [9.17, 15) is 8.78 Å². The summed E-state index contributed by atoms with van der Waals surface area (Å²) in [6.07, 6.45) is 5.37. The molecule has 29 heavy (non-hydrogen) atoms. The molecule has 0 bridgehead atoms. The Bertz CT molecular complexity index is 687. The Morgan fingerprint density at radius 1 is 1.24 bits per heavy atom. The molecule has 0 amide bonds. The van der Waals surface area contributed by atoms with E-state index in [1.165, 1.54) is 18.2 Å². The number of nitrogens with one attached hydrogen (secondary N) is 1. The summed E-state index contributed by atoms with van der Waals surface area (Å²) >= 11 is 0. The van der Waals surface area contributed by atoms with Crippen LogP contribution in [0.1, 0.15) is 43.6 Å². The van der Waals surface area contributed by atoms with E-state index in [0.29, 0.717) is 6.61 Å². The molecule has 3 unspecified atom stereocenters. The summed E-state index contributed by atoms with van der Waals surface area (Å²) in [5, 5.41) is 3.39. The minimum absolute atomic E-state index is 0. The van der Waals surface area contributed by atoms with Crippen LogP contribution in [0.25, 0.3) is 0 Å². The zero-order chi connectivity index (χ0) is 19.5. The molecule has 2 aliphatic heterocycles. The van der Waals surface area contributed by atoms with Crippen LogP contribution in [0.5, 0.6) is 0 Å². The van der Waals surface area contributed by atoms with Gasteiger partial charge in [-0.15, -0.1) is 24.0 Å². The fourth-order valence-corrected chi connectivity index (χ4v) is 4.26. The highest BCUT2D eigenvalue weighted by Gasteiger charge is 2.43. The Kier molecular flexibility index (Phi) is 8.09. The van der Waals surface area contributed by atoms with Crippen LogP contribution in [0.4, 0.5) is 8.78 Å². The van der Waals surface area contributed by atoms with Crippen LogP contribution in [0, 0.1) is 11.6 Å². The molecule has 1 aromatic carbocycles. The van der Waals surface area contributed by atoms with Crippen molar-refractivity contribution in [1.29, 1.82) is 0 Å². The van der Waals surface area contributed by atoms with Crippen LogP contribution in [-0.4, -0.2) is 62.5 Å². The fourth-order valence-electron chi connectivity index (χ4n) is 4.26. The summed E-state index contributed by atoms with van der Waals surface area (Å²) in [5.41, 5.74) is 0.191. The number of hydrogen-bond donors (Lipinski definition) is 1. The number of likely N-dealkylation sites (tertiary alicyclic amines) is 1. The number of rotatable bonds is 5. The lowest BCUT2D eigenvalue weighted by Crippen LogP contribution is -2.48. The first-order valence-corrected chi connectivity index (χ1v) is 10.3.